The van der Waals surface area contributed by atoms with Crippen LogP contribution >= 0.6 is 15.9 Å². The van der Waals surface area contributed by atoms with Crippen LogP contribution in [0.4, 0.5) is 0 Å². The van der Waals surface area contributed by atoms with Crippen LogP contribution in [0.5, 0.6) is 0 Å². The lowest BCUT2D eigenvalue weighted by molar-refractivity contribution is -0.152. The lowest BCUT2D eigenvalue weighted by Gasteiger charge is -2.10. The highest BCUT2D eigenvalue weighted by Crippen LogP contribution is 1.98. The summed E-state index contributed by atoms with van der Waals surface area (Å²) < 4.78 is 9.48. The molecule has 0 aliphatic heterocycles. The Balaban J connectivity index is 3.68. The van der Waals surface area contributed by atoms with Crippen molar-refractivity contribution in [2.24, 2.45) is 0 Å². The molecule has 4 heteroatoms. The number of ether oxygens (including phenoxy) is 2. The molecule has 0 amide bonds. The molecule has 60 valence electrons. The molecule has 1 atom stereocenters. The minimum Gasteiger partial charge on any atom is -0.467 e. The number of methoxy groups -OCH3 is 1. The number of hydrogen-bond donors (Lipinski definition) is 0. The van der Waals surface area contributed by atoms with Crippen molar-refractivity contribution >= 4 is 21.9 Å². The number of carbonyl (C=O) groups excluding carboxylic acids is 1. The highest BCUT2D eigenvalue weighted by molar-refractivity contribution is 9.09. The van der Waals surface area contributed by atoms with Gasteiger partial charge in [-0.1, -0.05) is 15.9 Å². The van der Waals surface area contributed by atoms with E-state index in [1.54, 1.807) is 0 Å². The number of rotatable bonds is 4. The summed E-state index contributed by atoms with van der Waals surface area (Å²) in [5.74, 6) is -0.335. The Bertz CT molecular complexity index is 105. The topological polar surface area (TPSA) is 35.5 Å². The third-order valence-electron chi connectivity index (χ3n) is 0.972. The normalized spacial score (nSPS) is 12.7. The van der Waals surface area contributed by atoms with E-state index in [-0.39, 0.29) is 5.97 Å². The highest BCUT2D eigenvalue weighted by Gasteiger charge is 2.16. The zero-order valence-corrected chi connectivity index (χ0v) is 7.68. The van der Waals surface area contributed by atoms with Crippen molar-refractivity contribution in [2.75, 3.05) is 19.0 Å². The third-order valence-corrected chi connectivity index (χ3v) is 1.56. The zero-order valence-electron chi connectivity index (χ0n) is 6.09. The second kappa shape index (κ2) is 5.68. The summed E-state index contributed by atoms with van der Waals surface area (Å²) >= 11 is 3.13. The van der Waals surface area contributed by atoms with Gasteiger partial charge in [0.05, 0.1) is 7.11 Å². The zero-order chi connectivity index (χ0) is 7.98. The van der Waals surface area contributed by atoms with Gasteiger partial charge in [-0.3, -0.25) is 0 Å². The molecule has 0 heterocycles. The lowest BCUT2D eigenvalue weighted by Crippen LogP contribution is -2.26. The van der Waals surface area contributed by atoms with E-state index in [0.717, 1.165) is 0 Å². The van der Waals surface area contributed by atoms with Crippen molar-refractivity contribution in [2.45, 2.75) is 13.0 Å². The molecular formula is C6H11BrO3. The van der Waals surface area contributed by atoms with Gasteiger partial charge in [-0.2, -0.15) is 0 Å². The summed E-state index contributed by atoms with van der Waals surface area (Å²) in [7, 11) is 1.34. The minimum absolute atomic E-state index is 0.335. The van der Waals surface area contributed by atoms with Crippen LogP contribution in [0.1, 0.15) is 6.92 Å². The molecule has 0 bridgehead atoms. The molecule has 0 fully saturated rings. The van der Waals surface area contributed by atoms with Gasteiger partial charge in [0.15, 0.2) is 6.10 Å². The summed E-state index contributed by atoms with van der Waals surface area (Å²) in [6.45, 7) is 2.35. The van der Waals surface area contributed by atoms with Gasteiger partial charge in [0.1, 0.15) is 0 Å². The first-order valence-corrected chi connectivity index (χ1v) is 4.13. The summed E-state index contributed by atoms with van der Waals surface area (Å²) in [4.78, 5) is 10.8. The van der Waals surface area contributed by atoms with Gasteiger partial charge in [-0.15, -0.1) is 0 Å². The van der Waals surface area contributed by atoms with E-state index in [9.17, 15) is 4.79 Å². The Morgan fingerprint density at radius 3 is 2.60 bits per heavy atom. The number of carbonyl (C=O) groups is 1. The Kier molecular flexibility index (Phi) is 5.63. The van der Waals surface area contributed by atoms with Gasteiger partial charge in [0, 0.05) is 11.9 Å². The van der Waals surface area contributed by atoms with Crippen LogP contribution in [-0.4, -0.2) is 31.1 Å². The molecule has 0 saturated heterocycles. The Morgan fingerprint density at radius 1 is 1.70 bits per heavy atom. The molecule has 1 unspecified atom stereocenters. The largest absolute Gasteiger partial charge is 0.467 e. The average molecular weight is 211 g/mol. The first-order chi connectivity index (χ1) is 4.76. The molecule has 3 nitrogen and oxygen atoms in total. The lowest BCUT2D eigenvalue weighted by atomic mass is 10.4. The molecule has 0 aliphatic rings. The van der Waals surface area contributed by atoms with Crippen LogP contribution in [0.25, 0.3) is 0 Å². The van der Waals surface area contributed by atoms with E-state index >= 15 is 0 Å². The van der Waals surface area contributed by atoms with E-state index in [0.29, 0.717) is 11.9 Å². The van der Waals surface area contributed by atoms with E-state index in [2.05, 4.69) is 20.7 Å². The number of esters is 1. The number of halogens is 1. The van der Waals surface area contributed by atoms with Crippen LogP contribution < -0.4 is 0 Å². The van der Waals surface area contributed by atoms with Crippen molar-refractivity contribution in [3.05, 3.63) is 0 Å². The third kappa shape index (κ3) is 3.17. The maximum Gasteiger partial charge on any atom is 0.335 e. The Labute approximate surface area is 68.8 Å². The molecule has 0 spiro atoms. The van der Waals surface area contributed by atoms with Gasteiger partial charge < -0.3 is 9.47 Å². The van der Waals surface area contributed by atoms with Gasteiger partial charge in [-0.25, -0.2) is 4.79 Å². The molecule has 0 aromatic carbocycles. The van der Waals surface area contributed by atoms with Gasteiger partial charge >= 0.3 is 5.97 Å². The summed E-state index contributed by atoms with van der Waals surface area (Å²) in [5, 5.41) is 0.480. The van der Waals surface area contributed by atoms with Crippen LogP contribution in [0.3, 0.4) is 0 Å². The minimum atomic E-state index is -0.463. The van der Waals surface area contributed by atoms with Crippen molar-refractivity contribution < 1.29 is 14.3 Å². The first kappa shape index (κ1) is 9.91. The Morgan fingerprint density at radius 2 is 2.30 bits per heavy atom. The van der Waals surface area contributed by atoms with Crippen molar-refractivity contribution in [1.29, 1.82) is 0 Å². The number of hydrogen-bond acceptors (Lipinski definition) is 3. The fraction of sp³-hybridized carbons (Fsp3) is 0.833. The van der Waals surface area contributed by atoms with E-state index < -0.39 is 6.10 Å². The van der Waals surface area contributed by atoms with Crippen molar-refractivity contribution in [3.8, 4) is 0 Å². The second-order valence-corrected chi connectivity index (χ2v) is 2.27. The van der Waals surface area contributed by atoms with E-state index in [1.165, 1.54) is 7.11 Å². The van der Waals surface area contributed by atoms with Crippen LogP contribution in [0.2, 0.25) is 0 Å². The maximum atomic E-state index is 10.8. The quantitative estimate of drug-likeness (QED) is 0.513. The molecule has 0 radical (unpaired) electrons. The summed E-state index contributed by atoms with van der Waals surface area (Å²) in [6.07, 6.45) is -0.463. The molecule has 0 aliphatic carbocycles. The maximum absolute atomic E-state index is 10.8. The fourth-order valence-electron chi connectivity index (χ4n) is 0.508. The predicted molar refractivity (Wildman–Crippen MR) is 41.2 cm³/mol. The fourth-order valence-corrected chi connectivity index (χ4v) is 0.959. The van der Waals surface area contributed by atoms with Gasteiger partial charge in [0.25, 0.3) is 0 Å². The van der Waals surface area contributed by atoms with Crippen LogP contribution in [0, 0.1) is 0 Å². The SMILES string of the molecule is CCOC(CBr)C(=O)OC. The smallest absolute Gasteiger partial charge is 0.335 e. The summed E-state index contributed by atoms with van der Waals surface area (Å²) in [5.41, 5.74) is 0. The van der Waals surface area contributed by atoms with Gasteiger partial charge in [-0.05, 0) is 6.92 Å². The van der Waals surface area contributed by atoms with E-state index in [4.69, 9.17) is 4.74 Å². The van der Waals surface area contributed by atoms with Crippen molar-refractivity contribution in [3.63, 3.8) is 0 Å². The highest BCUT2D eigenvalue weighted by atomic mass is 79.9. The van der Waals surface area contributed by atoms with Crippen LogP contribution in [-0.2, 0) is 14.3 Å². The molecule has 10 heavy (non-hydrogen) atoms. The van der Waals surface area contributed by atoms with E-state index in [1.807, 2.05) is 6.92 Å². The molecule has 0 rings (SSSR count). The van der Waals surface area contributed by atoms with Gasteiger partial charge in [0.2, 0.25) is 0 Å². The Hall–Kier alpha value is -0.0900. The molecule has 0 N–H and O–H groups in total. The second-order valence-electron chi connectivity index (χ2n) is 1.62. The molecule has 0 saturated carbocycles. The summed E-state index contributed by atoms with van der Waals surface area (Å²) in [6, 6.07) is 0. The molecule has 0 aromatic rings. The standard InChI is InChI=1S/C6H11BrO3/c1-3-10-5(4-7)6(8)9-2/h5H,3-4H2,1-2H3. The predicted octanol–water partition coefficient (Wildman–Crippen LogP) is 0.959. The first-order valence-electron chi connectivity index (χ1n) is 3.01. The molecule has 0 aromatic heterocycles. The number of alkyl halides is 1. The van der Waals surface area contributed by atoms with Crippen molar-refractivity contribution in [1.82, 2.24) is 0 Å². The molecular weight excluding hydrogens is 200 g/mol. The van der Waals surface area contributed by atoms with Crippen LogP contribution in [0.15, 0.2) is 0 Å². The monoisotopic (exact) mass is 210 g/mol. The average Bonchev–Trinajstić information content (AvgIpc) is 1.99.